The highest BCUT2D eigenvalue weighted by molar-refractivity contribution is 5.66. The van der Waals surface area contributed by atoms with Crippen molar-refractivity contribution in [1.82, 2.24) is 4.98 Å². The molecule has 3 heteroatoms. The summed E-state index contributed by atoms with van der Waals surface area (Å²) in [4.78, 5) is 4.38. The smallest absolute Gasteiger partial charge is 0.153 e. The maximum absolute atomic E-state index is 4.38. The summed E-state index contributed by atoms with van der Waals surface area (Å²) < 4.78 is 0. The number of aromatic nitrogens is 1. The number of hydrazone groups is 1. The number of aryl methyl sites for hydroxylation is 1. The Hall–Kier alpha value is -1.64. The van der Waals surface area contributed by atoms with Gasteiger partial charge in [-0.2, -0.15) is 5.10 Å². The molecule has 0 N–H and O–H groups in total. The Bertz CT molecular complexity index is 391. The predicted molar refractivity (Wildman–Crippen MR) is 85.7 cm³/mol. The zero-order valence-electron chi connectivity index (χ0n) is 13.1. The molecule has 106 valence electrons. The summed E-state index contributed by atoms with van der Waals surface area (Å²) >= 11 is 0. The van der Waals surface area contributed by atoms with Crippen LogP contribution in [-0.2, 0) is 6.42 Å². The molecule has 0 saturated carbocycles. The van der Waals surface area contributed by atoms with Crippen molar-refractivity contribution in [2.75, 3.05) is 5.01 Å². The fraction of sp³-hybridized carbons (Fsp3) is 0.500. The van der Waals surface area contributed by atoms with E-state index in [9.17, 15) is 0 Å². The van der Waals surface area contributed by atoms with Crippen LogP contribution in [0.2, 0.25) is 0 Å². The van der Waals surface area contributed by atoms with E-state index in [2.05, 4.69) is 30.0 Å². The Morgan fingerprint density at radius 2 is 1.84 bits per heavy atom. The quantitative estimate of drug-likeness (QED) is 0.765. The number of nitrogens with zero attached hydrogens (tertiary/aromatic N) is 3. The van der Waals surface area contributed by atoms with Gasteiger partial charge in [0.1, 0.15) is 0 Å². The van der Waals surface area contributed by atoms with E-state index < -0.39 is 0 Å². The summed E-state index contributed by atoms with van der Waals surface area (Å²) in [5.41, 5.74) is 2.55. The fourth-order valence-corrected chi connectivity index (χ4v) is 1.45. The van der Waals surface area contributed by atoms with E-state index in [1.807, 2.05) is 57.4 Å². The van der Waals surface area contributed by atoms with Gasteiger partial charge < -0.3 is 0 Å². The van der Waals surface area contributed by atoms with Gasteiger partial charge >= 0.3 is 0 Å². The van der Waals surface area contributed by atoms with Crippen LogP contribution >= 0.6 is 0 Å². The second-order valence-corrected chi connectivity index (χ2v) is 3.70. The Labute approximate surface area is 118 Å². The topological polar surface area (TPSA) is 28.5 Å². The predicted octanol–water partition coefficient (Wildman–Crippen LogP) is 4.80. The Balaban J connectivity index is 0.000000741. The van der Waals surface area contributed by atoms with Gasteiger partial charge in [0.05, 0.1) is 0 Å². The fourth-order valence-electron chi connectivity index (χ4n) is 1.45. The van der Waals surface area contributed by atoms with Crippen molar-refractivity contribution in [3.05, 3.63) is 35.7 Å². The van der Waals surface area contributed by atoms with Gasteiger partial charge in [0, 0.05) is 25.0 Å². The van der Waals surface area contributed by atoms with Crippen molar-refractivity contribution in [2.45, 2.75) is 54.4 Å². The lowest BCUT2D eigenvalue weighted by atomic mass is 10.2. The maximum Gasteiger partial charge on any atom is 0.153 e. The summed E-state index contributed by atoms with van der Waals surface area (Å²) in [5, 5.41) is 6.09. The zero-order valence-corrected chi connectivity index (χ0v) is 13.1. The second-order valence-electron chi connectivity index (χ2n) is 3.70. The van der Waals surface area contributed by atoms with Gasteiger partial charge in [-0.1, -0.05) is 40.7 Å². The molecule has 0 saturated heterocycles. The molecule has 2 heterocycles. The molecule has 1 aliphatic rings. The van der Waals surface area contributed by atoms with E-state index in [1.54, 1.807) is 0 Å². The highest BCUT2D eigenvalue weighted by Crippen LogP contribution is 2.17. The lowest BCUT2D eigenvalue weighted by Crippen LogP contribution is -2.13. The summed E-state index contributed by atoms with van der Waals surface area (Å²) in [6.07, 6.45) is 7.79. The molecule has 3 nitrogen and oxygen atoms in total. The first-order chi connectivity index (χ1) is 9.29. The summed E-state index contributed by atoms with van der Waals surface area (Å²) in [6.45, 7) is 12.2. The number of hydrogen-bond acceptors (Lipinski definition) is 3. The molecular formula is C16H27N3. The third-order valence-corrected chi connectivity index (χ3v) is 2.41. The van der Waals surface area contributed by atoms with Crippen LogP contribution < -0.4 is 5.01 Å². The van der Waals surface area contributed by atoms with E-state index in [0.717, 1.165) is 18.7 Å². The van der Waals surface area contributed by atoms with Crippen molar-refractivity contribution in [2.24, 2.45) is 5.10 Å². The van der Waals surface area contributed by atoms with E-state index in [0.29, 0.717) is 0 Å². The Kier molecular flexibility index (Phi) is 9.41. The van der Waals surface area contributed by atoms with E-state index in [4.69, 9.17) is 0 Å². The molecule has 0 aliphatic carbocycles. The minimum absolute atomic E-state index is 0.877. The minimum atomic E-state index is 0.877. The van der Waals surface area contributed by atoms with E-state index >= 15 is 0 Å². The standard InChI is InChI=1S/C12H15N3.2C2H6/c1-3-11-4-5-12(13-8-11)15-9-10(2)6-7-14-15;2*1-2/h4-5,7-9H,3,6H2,1-2H3;2*1-2H3. The molecule has 1 aromatic rings. The van der Waals surface area contributed by atoms with E-state index in [1.165, 1.54) is 11.1 Å². The second kappa shape index (κ2) is 10.3. The number of hydrogen-bond donors (Lipinski definition) is 0. The van der Waals surface area contributed by atoms with Gasteiger partial charge in [-0.3, -0.25) is 0 Å². The lowest BCUT2D eigenvalue weighted by molar-refractivity contribution is 0.973. The van der Waals surface area contributed by atoms with Crippen LogP contribution in [-0.4, -0.2) is 11.2 Å². The maximum atomic E-state index is 4.38. The largest absolute Gasteiger partial charge is 0.237 e. The van der Waals surface area contributed by atoms with Crippen molar-refractivity contribution in [3.63, 3.8) is 0 Å². The van der Waals surface area contributed by atoms with Crippen LogP contribution in [0.25, 0.3) is 0 Å². The highest BCUT2D eigenvalue weighted by atomic mass is 15.5. The van der Waals surface area contributed by atoms with Crippen molar-refractivity contribution in [1.29, 1.82) is 0 Å². The van der Waals surface area contributed by atoms with Crippen LogP contribution in [0.3, 0.4) is 0 Å². The molecule has 0 bridgehead atoms. The molecule has 1 aromatic heterocycles. The summed E-state index contributed by atoms with van der Waals surface area (Å²) in [5.74, 6) is 0.877. The summed E-state index contributed by atoms with van der Waals surface area (Å²) in [6, 6.07) is 4.10. The monoisotopic (exact) mass is 261 g/mol. The van der Waals surface area contributed by atoms with Crippen LogP contribution in [0.15, 0.2) is 35.2 Å². The minimum Gasteiger partial charge on any atom is -0.237 e. The first-order valence-electron chi connectivity index (χ1n) is 7.23. The highest BCUT2D eigenvalue weighted by Gasteiger charge is 2.06. The van der Waals surface area contributed by atoms with Gasteiger partial charge in [0.2, 0.25) is 0 Å². The summed E-state index contributed by atoms with van der Waals surface area (Å²) in [7, 11) is 0. The van der Waals surface area contributed by atoms with Crippen LogP contribution in [0, 0.1) is 0 Å². The third kappa shape index (κ3) is 5.69. The number of rotatable bonds is 2. The number of allylic oxidation sites excluding steroid dienone is 1. The molecule has 0 amide bonds. The Morgan fingerprint density at radius 3 is 2.32 bits per heavy atom. The number of anilines is 1. The molecule has 0 fully saturated rings. The molecular weight excluding hydrogens is 234 g/mol. The molecule has 1 aliphatic heterocycles. The average molecular weight is 261 g/mol. The Morgan fingerprint density at radius 1 is 1.16 bits per heavy atom. The normalized spacial score (nSPS) is 12.7. The average Bonchev–Trinajstić information content (AvgIpc) is 2.51. The van der Waals surface area contributed by atoms with Gasteiger partial charge in [-0.15, -0.1) is 0 Å². The van der Waals surface area contributed by atoms with Gasteiger partial charge in [-0.05, 0) is 30.5 Å². The van der Waals surface area contributed by atoms with Crippen LogP contribution in [0.1, 0.15) is 53.5 Å². The molecule has 0 atom stereocenters. The first-order valence-corrected chi connectivity index (χ1v) is 7.23. The molecule has 2 rings (SSSR count). The first kappa shape index (κ1) is 17.4. The molecule has 0 radical (unpaired) electrons. The molecule has 19 heavy (non-hydrogen) atoms. The van der Waals surface area contributed by atoms with Crippen LogP contribution in [0.4, 0.5) is 5.82 Å². The van der Waals surface area contributed by atoms with Gasteiger partial charge in [0.25, 0.3) is 0 Å². The molecule has 0 unspecified atom stereocenters. The molecule has 0 aromatic carbocycles. The lowest BCUT2D eigenvalue weighted by Gasteiger charge is -2.17. The zero-order chi connectivity index (χ0) is 14.7. The van der Waals surface area contributed by atoms with Crippen molar-refractivity contribution < 1.29 is 0 Å². The SMILES string of the molecule is CC.CC.CCc1ccc(N2C=C(C)CC=N2)nc1. The van der Waals surface area contributed by atoms with E-state index in [-0.39, 0.29) is 0 Å². The van der Waals surface area contributed by atoms with Gasteiger partial charge in [0.15, 0.2) is 5.82 Å². The van der Waals surface area contributed by atoms with Gasteiger partial charge in [-0.25, -0.2) is 9.99 Å². The van der Waals surface area contributed by atoms with Crippen molar-refractivity contribution in [3.8, 4) is 0 Å². The number of pyridine rings is 1. The third-order valence-electron chi connectivity index (χ3n) is 2.41. The van der Waals surface area contributed by atoms with Crippen LogP contribution in [0.5, 0.6) is 0 Å². The van der Waals surface area contributed by atoms with Crippen molar-refractivity contribution >= 4 is 12.0 Å². The molecule has 0 spiro atoms.